The van der Waals surface area contributed by atoms with Crippen LogP contribution in [0.4, 0.5) is 0 Å². The van der Waals surface area contributed by atoms with Crippen molar-refractivity contribution >= 4 is 0 Å². The Kier molecular flexibility index (Phi) is 6.67. The van der Waals surface area contributed by atoms with Gasteiger partial charge < -0.3 is 19.9 Å². The van der Waals surface area contributed by atoms with E-state index in [-0.39, 0.29) is 18.6 Å². The van der Waals surface area contributed by atoms with E-state index in [2.05, 4.69) is 19.2 Å². The fraction of sp³-hybridized carbons (Fsp3) is 0.600. The van der Waals surface area contributed by atoms with Crippen molar-refractivity contribution < 1.29 is 14.6 Å². The molecule has 108 valence electrons. The van der Waals surface area contributed by atoms with Crippen LogP contribution in [-0.2, 0) is 0 Å². The Hall–Kier alpha value is -1.26. The number of rotatable bonds is 8. The monoisotopic (exact) mass is 267 g/mol. The van der Waals surface area contributed by atoms with Gasteiger partial charge in [-0.2, -0.15) is 0 Å². The second-order valence-corrected chi connectivity index (χ2v) is 4.78. The van der Waals surface area contributed by atoms with Crippen LogP contribution in [0.2, 0.25) is 0 Å². The van der Waals surface area contributed by atoms with Crippen LogP contribution in [0.5, 0.6) is 11.5 Å². The van der Waals surface area contributed by atoms with Gasteiger partial charge in [-0.05, 0) is 19.5 Å². The minimum Gasteiger partial charge on any atom is -0.497 e. The number of aliphatic hydroxyl groups is 1. The van der Waals surface area contributed by atoms with E-state index < -0.39 is 0 Å². The van der Waals surface area contributed by atoms with Gasteiger partial charge in [0.15, 0.2) is 0 Å². The van der Waals surface area contributed by atoms with Crippen molar-refractivity contribution in [3.63, 3.8) is 0 Å². The van der Waals surface area contributed by atoms with Gasteiger partial charge in [0.2, 0.25) is 0 Å². The molecule has 1 aromatic rings. The fourth-order valence-corrected chi connectivity index (χ4v) is 1.83. The van der Waals surface area contributed by atoms with Crippen molar-refractivity contribution in [3.05, 3.63) is 23.8 Å². The second-order valence-electron chi connectivity index (χ2n) is 4.78. The Morgan fingerprint density at radius 1 is 1.32 bits per heavy atom. The second kappa shape index (κ2) is 8.02. The van der Waals surface area contributed by atoms with Crippen LogP contribution in [0.15, 0.2) is 18.2 Å². The van der Waals surface area contributed by atoms with Gasteiger partial charge in [-0.15, -0.1) is 0 Å². The minimum absolute atomic E-state index is 0.119. The molecule has 0 heterocycles. The molecule has 0 aliphatic rings. The molecule has 1 rings (SSSR count). The summed E-state index contributed by atoms with van der Waals surface area (Å²) in [5.74, 6) is 1.71. The topological polar surface area (TPSA) is 50.7 Å². The Morgan fingerprint density at radius 3 is 2.63 bits per heavy atom. The average Bonchev–Trinajstić information content (AvgIpc) is 2.44. The molecule has 19 heavy (non-hydrogen) atoms. The van der Waals surface area contributed by atoms with E-state index in [1.807, 2.05) is 25.1 Å². The number of hydrogen-bond donors (Lipinski definition) is 2. The van der Waals surface area contributed by atoms with Crippen molar-refractivity contribution in [2.45, 2.75) is 26.8 Å². The predicted molar refractivity (Wildman–Crippen MR) is 76.8 cm³/mol. The van der Waals surface area contributed by atoms with Gasteiger partial charge in [-0.1, -0.05) is 19.9 Å². The van der Waals surface area contributed by atoms with Gasteiger partial charge in [0.05, 0.1) is 13.7 Å². The third kappa shape index (κ3) is 4.73. The first-order valence-electron chi connectivity index (χ1n) is 6.77. The summed E-state index contributed by atoms with van der Waals surface area (Å²) in [4.78, 5) is 0. The van der Waals surface area contributed by atoms with Crippen LogP contribution in [0.1, 0.15) is 32.4 Å². The van der Waals surface area contributed by atoms with Crippen LogP contribution < -0.4 is 14.8 Å². The van der Waals surface area contributed by atoms with E-state index in [1.54, 1.807) is 7.11 Å². The summed E-state index contributed by atoms with van der Waals surface area (Å²) in [5.41, 5.74) is 1.10. The zero-order valence-corrected chi connectivity index (χ0v) is 12.3. The van der Waals surface area contributed by atoms with Gasteiger partial charge in [0, 0.05) is 30.2 Å². The van der Waals surface area contributed by atoms with Gasteiger partial charge >= 0.3 is 0 Å². The summed E-state index contributed by atoms with van der Waals surface area (Å²) in [6, 6.07) is 6.07. The molecule has 0 spiro atoms. The first kappa shape index (κ1) is 15.8. The zero-order chi connectivity index (χ0) is 14.3. The molecule has 0 saturated heterocycles. The summed E-state index contributed by atoms with van der Waals surface area (Å²) in [6.45, 7) is 7.66. The van der Waals surface area contributed by atoms with E-state index >= 15 is 0 Å². The molecular weight excluding hydrogens is 242 g/mol. The highest BCUT2D eigenvalue weighted by Crippen LogP contribution is 2.29. The van der Waals surface area contributed by atoms with E-state index in [9.17, 15) is 0 Å². The van der Waals surface area contributed by atoms with Crippen molar-refractivity contribution in [2.75, 3.05) is 26.9 Å². The third-order valence-corrected chi connectivity index (χ3v) is 3.03. The van der Waals surface area contributed by atoms with Crippen molar-refractivity contribution in [3.8, 4) is 11.5 Å². The summed E-state index contributed by atoms with van der Waals surface area (Å²) in [5, 5.41) is 12.4. The van der Waals surface area contributed by atoms with Gasteiger partial charge in [-0.25, -0.2) is 0 Å². The fourth-order valence-electron chi connectivity index (χ4n) is 1.83. The van der Waals surface area contributed by atoms with Crippen LogP contribution in [0.3, 0.4) is 0 Å². The molecule has 0 bridgehead atoms. The molecule has 0 saturated carbocycles. The molecule has 0 radical (unpaired) electrons. The van der Waals surface area contributed by atoms with Crippen LogP contribution in [-0.4, -0.2) is 32.0 Å². The summed E-state index contributed by atoms with van der Waals surface area (Å²) >= 11 is 0. The lowest BCUT2D eigenvalue weighted by Crippen LogP contribution is -2.19. The number of aliphatic hydroxyl groups excluding tert-OH is 1. The van der Waals surface area contributed by atoms with Crippen LogP contribution in [0, 0.1) is 5.92 Å². The molecule has 0 aliphatic heterocycles. The molecule has 0 fully saturated rings. The number of benzene rings is 1. The Morgan fingerprint density at radius 2 is 2.05 bits per heavy atom. The lowest BCUT2D eigenvalue weighted by Gasteiger charge is -2.19. The zero-order valence-electron chi connectivity index (χ0n) is 12.3. The molecule has 1 aromatic carbocycles. The molecule has 0 amide bonds. The highest BCUT2D eigenvalue weighted by atomic mass is 16.5. The summed E-state index contributed by atoms with van der Waals surface area (Å²) in [7, 11) is 1.64. The lowest BCUT2D eigenvalue weighted by molar-refractivity contribution is 0.173. The quantitative estimate of drug-likeness (QED) is 0.759. The summed E-state index contributed by atoms with van der Waals surface area (Å²) in [6.07, 6.45) is 0. The molecule has 2 atom stereocenters. The molecule has 0 aliphatic carbocycles. The maximum absolute atomic E-state index is 9.06. The molecule has 0 aromatic heterocycles. The largest absolute Gasteiger partial charge is 0.497 e. The molecule has 2 N–H and O–H groups in total. The van der Waals surface area contributed by atoms with Crippen molar-refractivity contribution in [1.29, 1.82) is 0 Å². The Labute approximate surface area is 115 Å². The van der Waals surface area contributed by atoms with E-state index in [0.29, 0.717) is 6.61 Å². The molecule has 4 nitrogen and oxygen atoms in total. The SMILES string of the molecule is CCNC(C)c1ccc(OC)cc1OCC(C)CO. The maximum Gasteiger partial charge on any atom is 0.127 e. The van der Waals surface area contributed by atoms with Crippen molar-refractivity contribution in [1.82, 2.24) is 5.32 Å². The number of ether oxygens (including phenoxy) is 2. The van der Waals surface area contributed by atoms with E-state index in [4.69, 9.17) is 14.6 Å². The first-order chi connectivity index (χ1) is 9.12. The van der Waals surface area contributed by atoms with Gasteiger partial charge in [0.25, 0.3) is 0 Å². The van der Waals surface area contributed by atoms with E-state index in [1.165, 1.54) is 0 Å². The highest BCUT2D eigenvalue weighted by Gasteiger charge is 2.13. The van der Waals surface area contributed by atoms with E-state index in [0.717, 1.165) is 23.6 Å². The molecule has 2 unspecified atom stereocenters. The van der Waals surface area contributed by atoms with Crippen LogP contribution >= 0.6 is 0 Å². The number of methoxy groups -OCH3 is 1. The Bertz CT molecular complexity index is 382. The maximum atomic E-state index is 9.06. The smallest absolute Gasteiger partial charge is 0.127 e. The highest BCUT2D eigenvalue weighted by molar-refractivity contribution is 5.42. The average molecular weight is 267 g/mol. The number of nitrogens with one attached hydrogen (secondary N) is 1. The Balaban J connectivity index is 2.88. The normalized spacial score (nSPS) is 13.9. The standard InChI is InChI=1S/C15H25NO3/c1-5-16-12(3)14-7-6-13(18-4)8-15(14)19-10-11(2)9-17/h6-8,11-12,16-17H,5,9-10H2,1-4H3. The van der Waals surface area contributed by atoms with Gasteiger partial charge in [0.1, 0.15) is 11.5 Å². The van der Waals surface area contributed by atoms with Crippen LogP contribution in [0.25, 0.3) is 0 Å². The van der Waals surface area contributed by atoms with Gasteiger partial charge in [-0.3, -0.25) is 0 Å². The first-order valence-corrected chi connectivity index (χ1v) is 6.77. The molecule has 4 heteroatoms. The lowest BCUT2D eigenvalue weighted by atomic mass is 10.1. The molecular formula is C15H25NO3. The van der Waals surface area contributed by atoms with Crippen molar-refractivity contribution in [2.24, 2.45) is 5.92 Å². The predicted octanol–water partition coefficient (Wildman–Crippen LogP) is 2.37. The minimum atomic E-state index is 0.119. The summed E-state index contributed by atoms with van der Waals surface area (Å²) < 4.78 is 11.1. The third-order valence-electron chi connectivity index (χ3n) is 3.03. The number of hydrogen-bond acceptors (Lipinski definition) is 4.